The zero-order valence-corrected chi connectivity index (χ0v) is 13.6. The highest BCUT2D eigenvalue weighted by Gasteiger charge is 2.23. The fraction of sp³-hybridized carbons (Fsp3) is 0.500. The van der Waals surface area contributed by atoms with E-state index in [9.17, 15) is 13.2 Å². The number of nitrogens with zero attached hydrogens (tertiary/aromatic N) is 1. The third-order valence-electron chi connectivity index (χ3n) is 2.75. The maximum atomic E-state index is 12.0. The van der Waals surface area contributed by atoms with Gasteiger partial charge in [0.15, 0.2) is 0 Å². The van der Waals surface area contributed by atoms with Crippen LogP contribution in [0.25, 0.3) is 0 Å². The molecule has 7 heteroatoms. The van der Waals surface area contributed by atoms with Crippen LogP contribution in [0.1, 0.15) is 13.8 Å². The minimum absolute atomic E-state index is 0.272. The topological polar surface area (TPSA) is 75.7 Å². The quantitative estimate of drug-likeness (QED) is 0.821. The monoisotopic (exact) mass is 314 g/mol. The van der Waals surface area contributed by atoms with Crippen molar-refractivity contribution in [1.29, 1.82) is 0 Å². The van der Waals surface area contributed by atoms with Gasteiger partial charge >= 0.3 is 0 Å². The molecule has 118 valence electrons. The van der Waals surface area contributed by atoms with E-state index in [4.69, 9.17) is 4.74 Å². The van der Waals surface area contributed by atoms with Gasteiger partial charge in [-0.05, 0) is 18.1 Å². The van der Waals surface area contributed by atoms with Crippen molar-refractivity contribution in [3.05, 3.63) is 24.3 Å². The molecule has 0 radical (unpaired) electrons. The van der Waals surface area contributed by atoms with Crippen LogP contribution < -0.4 is 14.4 Å². The normalized spacial score (nSPS) is 11.3. The third kappa shape index (κ3) is 5.26. The SMILES string of the molecule is COc1ccccc1N(CC(=O)NCC(C)C)S(C)(=O)=O. The van der Waals surface area contributed by atoms with Crippen molar-refractivity contribution in [3.63, 3.8) is 0 Å². The summed E-state index contributed by atoms with van der Waals surface area (Å²) in [5.74, 6) is 0.353. The van der Waals surface area contributed by atoms with Gasteiger partial charge in [-0.3, -0.25) is 9.10 Å². The largest absolute Gasteiger partial charge is 0.495 e. The van der Waals surface area contributed by atoms with Gasteiger partial charge in [-0.2, -0.15) is 0 Å². The number of rotatable bonds is 7. The molecule has 0 saturated carbocycles. The molecule has 0 saturated heterocycles. The molecule has 1 rings (SSSR count). The van der Waals surface area contributed by atoms with Crippen molar-refractivity contribution in [3.8, 4) is 5.75 Å². The molecule has 1 N–H and O–H groups in total. The minimum atomic E-state index is -3.59. The van der Waals surface area contributed by atoms with Crippen molar-refractivity contribution < 1.29 is 17.9 Å². The average Bonchev–Trinajstić information content (AvgIpc) is 2.41. The van der Waals surface area contributed by atoms with E-state index in [1.807, 2.05) is 13.8 Å². The van der Waals surface area contributed by atoms with Crippen LogP contribution in [-0.4, -0.2) is 40.8 Å². The van der Waals surface area contributed by atoms with Gasteiger partial charge in [0.1, 0.15) is 12.3 Å². The molecule has 0 aliphatic rings. The number of sulfonamides is 1. The Hall–Kier alpha value is -1.76. The summed E-state index contributed by atoms with van der Waals surface area (Å²) in [7, 11) is -2.14. The molecule has 21 heavy (non-hydrogen) atoms. The Labute approximate surface area is 126 Å². The number of ether oxygens (including phenoxy) is 1. The van der Waals surface area contributed by atoms with Crippen LogP contribution in [0.4, 0.5) is 5.69 Å². The molecule has 0 unspecified atom stereocenters. The Morgan fingerprint density at radius 1 is 1.33 bits per heavy atom. The Balaban J connectivity index is 3.00. The number of anilines is 1. The third-order valence-corrected chi connectivity index (χ3v) is 3.88. The summed E-state index contributed by atoms with van der Waals surface area (Å²) in [5.41, 5.74) is 0.349. The maximum absolute atomic E-state index is 12.0. The van der Waals surface area contributed by atoms with Crippen LogP contribution in [0, 0.1) is 5.92 Å². The van der Waals surface area contributed by atoms with Crippen molar-refractivity contribution in [2.45, 2.75) is 13.8 Å². The van der Waals surface area contributed by atoms with Crippen LogP contribution in [-0.2, 0) is 14.8 Å². The van der Waals surface area contributed by atoms with Crippen molar-refractivity contribution in [2.75, 3.05) is 30.8 Å². The fourth-order valence-corrected chi connectivity index (χ4v) is 2.58. The molecule has 0 aliphatic heterocycles. The van der Waals surface area contributed by atoms with E-state index in [-0.39, 0.29) is 12.5 Å². The fourth-order valence-electron chi connectivity index (χ4n) is 1.72. The number of nitrogens with one attached hydrogen (secondary N) is 1. The Morgan fingerprint density at radius 3 is 2.48 bits per heavy atom. The van der Waals surface area contributed by atoms with E-state index in [1.54, 1.807) is 24.3 Å². The Morgan fingerprint density at radius 2 is 1.95 bits per heavy atom. The highest BCUT2D eigenvalue weighted by molar-refractivity contribution is 7.92. The summed E-state index contributed by atoms with van der Waals surface area (Å²) >= 11 is 0. The lowest BCUT2D eigenvalue weighted by molar-refractivity contribution is -0.119. The summed E-state index contributed by atoms with van der Waals surface area (Å²) in [6.45, 7) is 4.16. The molecule has 0 aliphatic carbocycles. The van der Waals surface area contributed by atoms with E-state index in [0.29, 0.717) is 23.9 Å². The number of benzene rings is 1. The predicted octanol–water partition coefficient (Wildman–Crippen LogP) is 1.23. The number of carbonyl (C=O) groups excluding carboxylic acids is 1. The number of para-hydroxylation sites is 2. The van der Waals surface area contributed by atoms with Gasteiger partial charge in [0.05, 0.1) is 19.1 Å². The summed E-state index contributed by atoms with van der Waals surface area (Å²) in [4.78, 5) is 11.9. The number of methoxy groups -OCH3 is 1. The predicted molar refractivity (Wildman–Crippen MR) is 83.0 cm³/mol. The molecule has 6 nitrogen and oxygen atoms in total. The Kier molecular flexibility index (Phi) is 6.02. The second-order valence-electron chi connectivity index (χ2n) is 5.14. The van der Waals surface area contributed by atoms with Gasteiger partial charge in [0.25, 0.3) is 0 Å². The first kappa shape index (κ1) is 17.3. The second kappa shape index (κ2) is 7.31. The van der Waals surface area contributed by atoms with E-state index in [0.717, 1.165) is 10.6 Å². The molecule has 1 aromatic rings. The maximum Gasteiger partial charge on any atom is 0.240 e. The summed E-state index contributed by atoms with van der Waals surface area (Å²) in [6.07, 6.45) is 1.06. The summed E-state index contributed by atoms with van der Waals surface area (Å²) in [6, 6.07) is 6.69. The molecule has 1 amide bonds. The van der Waals surface area contributed by atoms with Gasteiger partial charge in [-0.25, -0.2) is 8.42 Å². The van der Waals surface area contributed by atoms with Crippen molar-refractivity contribution in [1.82, 2.24) is 5.32 Å². The van der Waals surface area contributed by atoms with Crippen LogP contribution in [0.5, 0.6) is 5.75 Å². The van der Waals surface area contributed by atoms with E-state index in [2.05, 4.69) is 5.32 Å². The average molecular weight is 314 g/mol. The molecule has 0 heterocycles. The van der Waals surface area contributed by atoms with Crippen LogP contribution >= 0.6 is 0 Å². The summed E-state index contributed by atoms with van der Waals surface area (Å²) in [5, 5.41) is 2.71. The van der Waals surface area contributed by atoms with Crippen LogP contribution in [0.2, 0.25) is 0 Å². The number of hydrogen-bond donors (Lipinski definition) is 1. The van der Waals surface area contributed by atoms with Crippen LogP contribution in [0.15, 0.2) is 24.3 Å². The van der Waals surface area contributed by atoms with Gasteiger partial charge in [0, 0.05) is 6.54 Å². The molecule has 0 bridgehead atoms. The highest BCUT2D eigenvalue weighted by atomic mass is 32.2. The smallest absolute Gasteiger partial charge is 0.240 e. The minimum Gasteiger partial charge on any atom is -0.495 e. The zero-order valence-electron chi connectivity index (χ0n) is 12.8. The lowest BCUT2D eigenvalue weighted by atomic mass is 10.2. The Bertz CT molecular complexity index is 584. The molecule has 0 fully saturated rings. The lowest BCUT2D eigenvalue weighted by Crippen LogP contribution is -2.41. The van der Waals surface area contributed by atoms with Gasteiger partial charge < -0.3 is 10.1 Å². The standard InChI is InChI=1S/C14H22N2O4S/c1-11(2)9-15-14(17)10-16(21(4,18)19)12-7-5-6-8-13(12)20-3/h5-8,11H,9-10H2,1-4H3,(H,15,17). The van der Waals surface area contributed by atoms with Crippen LogP contribution in [0.3, 0.4) is 0 Å². The van der Waals surface area contributed by atoms with Crippen molar-refractivity contribution >= 4 is 21.6 Å². The first-order valence-electron chi connectivity index (χ1n) is 6.63. The molecular weight excluding hydrogens is 292 g/mol. The molecular formula is C14H22N2O4S. The number of hydrogen-bond acceptors (Lipinski definition) is 4. The van der Waals surface area contributed by atoms with E-state index < -0.39 is 10.0 Å². The van der Waals surface area contributed by atoms with Gasteiger partial charge in [-0.15, -0.1) is 0 Å². The zero-order chi connectivity index (χ0) is 16.0. The molecule has 0 aromatic heterocycles. The van der Waals surface area contributed by atoms with E-state index >= 15 is 0 Å². The molecule has 1 aromatic carbocycles. The van der Waals surface area contributed by atoms with E-state index in [1.165, 1.54) is 7.11 Å². The second-order valence-corrected chi connectivity index (χ2v) is 7.05. The van der Waals surface area contributed by atoms with Gasteiger partial charge in [-0.1, -0.05) is 26.0 Å². The molecule has 0 atom stereocenters. The first-order valence-corrected chi connectivity index (χ1v) is 8.48. The number of carbonyl (C=O) groups is 1. The first-order chi connectivity index (χ1) is 9.75. The van der Waals surface area contributed by atoms with Crippen molar-refractivity contribution in [2.24, 2.45) is 5.92 Å². The summed E-state index contributed by atoms with van der Waals surface area (Å²) < 4.78 is 30.1. The number of amides is 1. The lowest BCUT2D eigenvalue weighted by Gasteiger charge is -2.23. The molecule has 0 spiro atoms. The highest BCUT2D eigenvalue weighted by Crippen LogP contribution is 2.29. The van der Waals surface area contributed by atoms with Gasteiger partial charge in [0.2, 0.25) is 15.9 Å².